The van der Waals surface area contributed by atoms with Crippen LogP contribution >= 0.6 is 11.3 Å². The fourth-order valence-electron chi connectivity index (χ4n) is 3.57. The van der Waals surface area contributed by atoms with Crippen molar-refractivity contribution in [2.24, 2.45) is 5.92 Å². The van der Waals surface area contributed by atoms with Crippen LogP contribution in [-0.4, -0.2) is 46.5 Å². The van der Waals surface area contributed by atoms with Crippen LogP contribution in [0.25, 0.3) is 22.2 Å². The normalized spacial score (nSPS) is 13.0. The third-order valence-electron chi connectivity index (χ3n) is 5.27. The van der Waals surface area contributed by atoms with Gasteiger partial charge in [0.2, 0.25) is 15.8 Å². The van der Waals surface area contributed by atoms with Gasteiger partial charge < -0.3 is 9.63 Å². The van der Waals surface area contributed by atoms with E-state index in [0.29, 0.717) is 17.8 Å². The Morgan fingerprint density at radius 1 is 1.15 bits per heavy atom. The monoisotopic (exact) mass is 491 g/mol. The first-order valence-corrected chi connectivity index (χ1v) is 13.2. The maximum absolute atomic E-state index is 13.4. The van der Waals surface area contributed by atoms with Gasteiger partial charge >= 0.3 is 5.97 Å². The second kappa shape index (κ2) is 10.6. The molecule has 0 fully saturated rings. The largest absolute Gasteiger partial charge is 0.480 e. The summed E-state index contributed by atoms with van der Waals surface area (Å²) < 4.78 is 33.3. The molecule has 0 radical (unpaired) electrons. The van der Waals surface area contributed by atoms with Crippen molar-refractivity contribution in [1.82, 2.24) is 14.4 Å². The summed E-state index contributed by atoms with van der Waals surface area (Å²) in [6, 6.07) is 8.86. The van der Waals surface area contributed by atoms with Crippen molar-refractivity contribution in [1.29, 1.82) is 0 Å². The number of rotatable bonds is 11. The molecule has 0 aliphatic heterocycles. The van der Waals surface area contributed by atoms with Gasteiger partial charge in [-0.1, -0.05) is 38.8 Å². The van der Waals surface area contributed by atoms with Crippen molar-refractivity contribution in [3.05, 3.63) is 41.3 Å². The lowest BCUT2D eigenvalue weighted by Gasteiger charge is -2.30. The van der Waals surface area contributed by atoms with Gasteiger partial charge in [-0.15, -0.1) is 11.3 Å². The van der Waals surface area contributed by atoms with Crippen LogP contribution in [0.2, 0.25) is 0 Å². The zero-order valence-corrected chi connectivity index (χ0v) is 20.8. The molecule has 2 aromatic heterocycles. The topological polar surface area (TPSA) is 114 Å². The number of aliphatic carboxylic acids is 1. The summed E-state index contributed by atoms with van der Waals surface area (Å²) in [6.07, 6.45) is 2.31. The van der Waals surface area contributed by atoms with Crippen molar-refractivity contribution >= 4 is 27.3 Å². The van der Waals surface area contributed by atoms with Gasteiger partial charge in [-0.25, -0.2) is 8.42 Å². The summed E-state index contributed by atoms with van der Waals surface area (Å²) in [5.41, 5.74) is 0.581. The number of carboxylic acids is 1. The third-order valence-corrected chi connectivity index (χ3v) is 8.16. The first kappa shape index (κ1) is 25.1. The molecule has 0 aliphatic rings. The first-order chi connectivity index (χ1) is 15.6. The Kier molecular flexibility index (Phi) is 8.04. The second-order valence-electron chi connectivity index (χ2n) is 8.21. The number of carbonyl (C=O) groups is 1. The summed E-state index contributed by atoms with van der Waals surface area (Å²) >= 11 is 1.56. The van der Waals surface area contributed by atoms with Gasteiger partial charge in [-0.05, 0) is 55.7 Å². The Labute approximate surface area is 198 Å². The molecule has 33 heavy (non-hydrogen) atoms. The Morgan fingerprint density at radius 2 is 1.85 bits per heavy atom. The lowest BCUT2D eigenvalue weighted by atomic mass is 10.0. The number of unbranched alkanes of at least 4 members (excludes halogenated alkanes) is 2. The molecule has 0 unspecified atom stereocenters. The highest BCUT2D eigenvalue weighted by atomic mass is 32.2. The highest BCUT2D eigenvalue weighted by molar-refractivity contribution is 7.89. The molecule has 1 atom stereocenters. The van der Waals surface area contributed by atoms with Crippen molar-refractivity contribution in [2.45, 2.75) is 57.9 Å². The molecule has 0 saturated carbocycles. The van der Waals surface area contributed by atoms with Gasteiger partial charge in [0.15, 0.2) is 0 Å². The number of carboxylic acid groups (broad SMARTS) is 1. The number of nitrogens with zero attached hydrogens (tertiary/aromatic N) is 3. The van der Waals surface area contributed by atoms with E-state index in [-0.39, 0.29) is 23.2 Å². The lowest BCUT2D eigenvalue weighted by molar-refractivity contribution is -0.143. The van der Waals surface area contributed by atoms with Crippen LogP contribution in [0.5, 0.6) is 0 Å². The van der Waals surface area contributed by atoms with E-state index in [1.807, 2.05) is 26.0 Å². The predicted molar refractivity (Wildman–Crippen MR) is 127 cm³/mol. The maximum atomic E-state index is 13.4. The molecule has 3 rings (SSSR count). The highest BCUT2D eigenvalue weighted by Gasteiger charge is 2.37. The van der Waals surface area contributed by atoms with Crippen LogP contribution in [0.4, 0.5) is 0 Å². The molecular weight excluding hydrogens is 462 g/mol. The molecule has 10 heteroatoms. The Balaban J connectivity index is 1.89. The lowest BCUT2D eigenvalue weighted by Crippen LogP contribution is -2.48. The molecule has 0 aliphatic carbocycles. The zero-order valence-electron chi connectivity index (χ0n) is 19.2. The van der Waals surface area contributed by atoms with Crippen molar-refractivity contribution < 1.29 is 22.8 Å². The molecule has 3 aromatic rings. The minimum absolute atomic E-state index is 0.0308. The van der Waals surface area contributed by atoms with Crippen LogP contribution in [0, 0.1) is 12.8 Å². The SMILES string of the molecule is CCCCCN([C@@H](C(=O)O)C(C)C)S(=O)(=O)c1ccc(-c2nc(-c3ccc(C)s3)no2)cc1. The third kappa shape index (κ3) is 5.69. The van der Waals surface area contributed by atoms with Crippen molar-refractivity contribution in [3.8, 4) is 22.2 Å². The van der Waals surface area contributed by atoms with E-state index < -0.39 is 22.0 Å². The summed E-state index contributed by atoms with van der Waals surface area (Å²) in [7, 11) is -4.02. The predicted octanol–water partition coefficient (Wildman–Crippen LogP) is 5.06. The molecule has 0 saturated heterocycles. The fraction of sp³-hybridized carbons (Fsp3) is 0.435. The molecule has 8 nitrogen and oxygen atoms in total. The summed E-state index contributed by atoms with van der Waals surface area (Å²) in [5, 5.41) is 13.8. The summed E-state index contributed by atoms with van der Waals surface area (Å²) in [5.74, 6) is -0.770. The maximum Gasteiger partial charge on any atom is 0.322 e. The van der Waals surface area contributed by atoms with Gasteiger partial charge in [-0.2, -0.15) is 9.29 Å². The average molecular weight is 492 g/mol. The Bertz CT molecular complexity index is 1180. The first-order valence-electron chi connectivity index (χ1n) is 10.9. The van der Waals surface area contributed by atoms with E-state index in [0.717, 1.165) is 26.9 Å². The quantitative estimate of drug-likeness (QED) is 0.373. The molecule has 178 valence electrons. The molecule has 2 heterocycles. The van der Waals surface area contributed by atoms with E-state index in [9.17, 15) is 18.3 Å². The van der Waals surface area contributed by atoms with Gasteiger partial charge in [0.1, 0.15) is 6.04 Å². The number of aromatic nitrogens is 2. The molecule has 1 N–H and O–H groups in total. The number of benzene rings is 1. The Hall–Kier alpha value is -2.56. The number of aryl methyl sites for hydroxylation is 1. The van der Waals surface area contributed by atoms with Crippen molar-refractivity contribution in [2.75, 3.05) is 6.54 Å². The van der Waals surface area contributed by atoms with Crippen LogP contribution < -0.4 is 0 Å². The highest BCUT2D eigenvalue weighted by Crippen LogP contribution is 2.29. The summed E-state index contributed by atoms with van der Waals surface area (Å²) in [4.78, 5) is 18.4. The smallest absolute Gasteiger partial charge is 0.322 e. The van der Waals surface area contributed by atoms with Crippen LogP contribution in [0.3, 0.4) is 0 Å². The average Bonchev–Trinajstić information content (AvgIpc) is 3.42. The van der Waals surface area contributed by atoms with E-state index in [2.05, 4.69) is 10.1 Å². The Morgan fingerprint density at radius 3 is 2.39 bits per heavy atom. The number of hydrogen-bond donors (Lipinski definition) is 1. The minimum atomic E-state index is -4.02. The zero-order chi connectivity index (χ0) is 24.2. The second-order valence-corrected chi connectivity index (χ2v) is 11.4. The summed E-state index contributed by atoms with van der Waals surface area (Å²) in [6.45, 7) is 7.59. The van der Waals surface area contributed by atoms with Crippen LogP contribution in [0.15, 0.2) is 45.8 Å². The number of hydrogen-bond acceptors (Lipinski definition) is 7. The standard InChI is InChI=1S/C23H29N3O5S2/c1-5-6-7-14-26(20(15(2)3)23(27)28)33(29,30)18-11-9-17(10-12-18)22-24-21(25-31-22)19-13-8-16(4)32-19/h8-13,15,20H,5-7,14H2,1-4H3,(H,27,28)/t20-/m1/s1. The van der Waals surface area contributed by atoms with Gasteiger partial charge in [0.25, 0.3) is 5.89 Å². The minimum Gasteiger partial charge on any atom is -0.480 e. The van der Waals surface area contributed by atoms with Gasteiger partial charge in [0.05, 0.1) is 9.77 Å². The van der Waals surface area contributed by atoms with Crippen LogP contribution in [-0.2, 0) is 14.8 Å². The van der Waals surface area contributed by atoms with Crippen molar-refractivity contribution in [3.63, 3.8) is 0 Å². The molecule has 0 amide bonds. The van der Waals surface area contributed by atoms with Crippen LogP contribution in [0.1, 0.15) is 44.9 Å². The fourth-order valence-corrected chi connectivity index (χ4v) is 6.11. The van der Waals surface area contributed by atoms with Gasteiger partial charge in [0, 0.05) is 17.0 Å². The van der Waals surface area contributed by atoms with E-state index in [4.69, 9.17) is 4.52 Å². The molecule has 0 spiro atoms. The van der Waals surface area contributed by atoms with E-state index >= 15 is 0 Å². The van der Waals surface area contributed by atoms with E-state index in [1.165, 1.54) is 12.1 Å². The number of thiophene rings is 1. The molecule has 0 bridgehead atoms. The molecule has 1 aromatic carbocycles. The number of sulfonamides is 1. The molecular formula is C23H29N3O5S2. The van der Waals surface area contributed by atoms with E-state index in [1.54, 1.807) is 37.3 Å². The van der Waals surface area contributed by atoms with Gasteiger partial charge in [-0.3, -0.25) is 4.79 Å².